The second-order valence-electron chi connectivity index (χ2n) is 5.13. The second-order valence-corrected chi connectivity index (χ2v) is 6.53. The molecule has 128 valence electrons. The van der Waals surface area contributed by atoms with Crippen molar-refractivity contribution in [3.05, 3.63) is 0 Å². The first kappa shape index (κ1) is 20.8. The fourth-order valence-corrected chi connectivity index (χ4v) is 2.07. The monoisotopic (exact) mass is 326 g/mol. The van der Waals surface area contributed by atoms with Crippen molar-refractivity contribution in [1.82, 2.24) is 0 Å². The zero-order chi connectivity index (χ0) is 16.0. The van der Waals surface area contributed by atoms with Crippen molar-refractivity contribution in [2.24, 2.45) is 0 Å². The molecule has 0 aromatic rings. The molecule has 1 N–H and O–H groups in total. The van der Waals surface area contributed by atoms with Gasteiger partial charge in [0.05, 0.1) is 25.9 Å². The molecule has 0 saturated heterocycles. The molecule has 6 nitrogen and oxygen atoms in total. The van der Waals surface area contributed by atoms with E-state index in [9.17, 15) is 8.42 Å². The Morgan fingerprint density at radius 2 is 1.57 bits per heavy atom. The standard InChI is InChI=1S/C14H30O6S/c1-3-4-5-6-7-8-9-20-14(2)12-18-10-11-19-13-21(15,16)17/h14H,3-13H2,1-2H3,(H,15,16,17). The van der Waals surface area contributed by atoms with E-state index in [0.717, 1.165) is 13.0 Å². The van der Waals surface area contributed by atoms with Gasteiger partial charge in [0.2, 0.25) is 0 Å². The molecule has 0 amide bonds. The number of unbranched alkanes of at least 4 members (excludes halogenated alkanes) is 5. The normalized spacial score (nSPS) is 13.5. The summed E-state index contributed by atoms with van der Waals surface area (Å²) in [6, 6.07) is 0. The van der Waals surface area contributed by atoms with E-state index in [1.54, 1.807) is 0 Å². The predicted molar refractivity (Wildman–Crippen MR) is 82.0 cm³/mol. The summed E-state index contributed by atoms with van der Waals surface area (Å²) in [6.45, 7) is 5.75. The van der Waals surface area contributed by atoms with Crippen molar-refractivity contribution in [2.75, 3.05) is 32.4 Å². The smallest absolute Gasteiger partial charge is 0.289 e. The molecular weight excluding hydrogens is 296 g/mol. The second kappa shape index (κ2) is 13.5. The lowest BCUT2D eigenvalue weighted by Gasteiger charge is -2.13. The molecule has 0 heterocycles. The van der Waals surface area contributed by atoms with Crippen molar-refractivity contribution >= 4 is 10.1 Å². The van der Waals surface area contributed by atoms with Crippen LogP contribution in [-0.4, -0.2) is 51.4 Å². The van der Waals surface area contributed by atoms with Crippen LogP contribution >= 0.6 is 0 Å². The summed E-state index contributed by atoms with van der Waals surface area (Å²) in [5, 5.41) is 0. The van der Waals surface area contributed by atoms with E-state index in [1.165, 1.54) is 32.1 Å². The molecule has 0 fully saturated rings. The van der Waals surface area contributed by atoms with E-state index >= 15 is 0 Å². The lowest BCUT2D eigenvalue weighted by molar-refractivity contribution is -0.0211. The third-order valence-electron chi connectivity index (χ3n) is 2.86. The van der Waals surface area contributed by atoms with E-state index in [1.807, 2.05) is 6.92 Å². The Labute approximate surface area is 128 Å². The lowest BCUT2D eigenvalue weighted by Crippen LogP contribution is -2.19. The molecule has 21 heavy (non-hydrogen) atoms. The number of hydrogen-bond donors (Lipinski definition) is 1. The summed E-state index contributed by atoms with van der Waals surface area (Å²) in [6.07, 6.45) is 7.44. The maximum Gasteiger partial charge on any atom is 0.289 e. The van der Waals surface area contributed by atoms with Crippen molar-refractivity contribution in [3.8, 4) is 0 Å². The topological polar surface area (TPSA) is 82.1 Å². The van der Waals surface area contributed by atoms with Gasteiger partial charge in [-0.05, 0) is 13.3 Å². The minimum atomic E-state index is -4.05. The predicted octanol–water partition coefficient (Wildman–Crippen LogP) is 2.63. The Morgan fingerprint density at radius 1 is 0.952 bits per heavy atom. The fraction of sp³-hybridized carbons (Fsp3) is 1.00. The van der Waals surface area contributed by atoms with Gasteiger partial charge in [-0.1, -0.05) is 39.0 Å². The maximum atomic E-state index is 10.4. The van der Waals surface area contributed by atoms with Gasteiger partial charge in [-0.2, -0.15) is 8.42 Å². The minimum Gasteiger partial charge on any atom is -0.376 e. The lowest BCUT2D eigenvalue weighted by atomic mass is 10.1. The zero-order valence-electron chi connectivity index (χ0n) is 13.3. The molecule has 0 aliphatic heterocycles. The Balaban J connectivity index is 3.25. The van der Waals surface area contributed by atoms with E-state index in [4.69, 9.17) is 18.8 Å². The van der Waals surface area contributed by atoms with Crippen LogP contribution < -0.4 is 0 Å². The van der Waals surface area contributed by atoms with Crippen LogP contribution in [0.15, 0.2) is 0 Å². The highest BCUT2D eigenvalue weighted by molar-refractivity contribution is 7.85. The first-order chi connectivity index (χ1) is 9.95. The van der Waals surface area contributed by atoms with Gasteiger partial charge in [0.25, 0.3) is 10.1 Å². The average molecular weight is 326 g/mol. The van der Waals surface area contributed by atoms with Crippen LogP contribution in [0.2, 0.25) is 0 Å². The molecule has 1 atom stereocenters. The molecule has 1 unspecified atom stereocenters. The third kappa shape index (κ3) is 17.7. The van der Waals surface area contributed by atoms with Crippen LogP contribution in [0.5, 0.6) is 0 Å². The molecule has 0 aromatic heterocycles. The number of ether oxygens (including phenoxy) is 3. The van der Waals surface area contributed by atoms with E-state index < -0.39 is 16.1 Å². The molecule has 0 aliphatic rings. The Kier molecular flexibility index (Phi) is 13.3. The molecule has 0 aromatic carbocycles. The minimum absolute atomic E-state index is 0.0159. The molecule has 0 spiro atoms. The van der Waals surface area contributed by atoms with Crippen molar-refractivity contribution in [3.63, 3.8) is 0 Å². The fourth-order valence-electron chi connectivity index (χ4n) is 1.75. The van der Waals surface area contributed by atoms with E-state index in [-0.39, 0.29) is 19.3 Å². The van der Waals surface area contributed by atoms with Crippen LogP contribution in [0.3, 0.4) is 0 Å². The van der Waals surface area contributed by atoms with Gasteiger partial charge in [0, 0.05) is 6.61 Å². The molecule has 0 saturated carbocycles. The summed E-state index contributed by atoms with van der Waals surface area (Å²) < 4.78 is 44.8. The van der Waals surface area contributed by atoms with Gasteiger partial charge in [-0.15, -0.1) is 0 Å². The molecule has 7 heteroatoms. The quantitative estimate of drug-likeness (QED) is 0.368. The van der Waals surface area contributed by atoms with Crippen molar-refractivity contribution < 1.29 is 27.2 Å². The number of rotatable bonds is 15. The molecular formula is C14H30O6S. The van der Waals surface area contributed by atoms with E-state index in [0.29, 0.717) is 6.61 Å². The first-order valence-corrected chi connectivity index (χ1v) is 9.29. The summed E-state index contributed by atoms with van der Waals surface area (Å²) in [5.74, 6) is -0.694. The molecule has 0 aliphatic carbocycles. The van der Waals surface area contributed by atoms with Gasteiger partial charge < -0.3 is 14.2 Å². The highest BCUT2D eigenvalue weighted by Gasteiger charge is 2.05. The first-order valence-electron chi connectivity index (χ1n) is 7.68. The van der Waals surface area contributed by atoms with Crippen molar-refractivity contribution in [2.45, 2.75) is 58.5 Å². The van der Waals surface area contributed by atoms with Gasteiger partial charge >= 0.3 is 0 Å². The Hall–Kier alpha value is -0.210. The van der Waals surface area contributed by atoms with Gasteiger partial charge in [-0.25, -0.2) is 0 Å². The number of hydrogen-bond acceptors (Lipinski definition) is 5. The Bertz CT molecular complexity index is 317. The van der Waals surface area contributed by atoms with Crippen LogP contribution in [0, 0.1) is 0 Å². The van der Waals surface area contributed by atoms with Gasteiger partial charge in [-0.3, -0.25) is 4.55 Å². The summed E-state index contributed by atoms with van der Waals surface area (Å²) in [7, 11) is -4.05. The van der Waals surface area contributed by atoms with Crippen LogP contribution in [-0.2, 0) is 24.3 Å². The maximum absolute atomic E-state index is 10.4. The Morgan fingerprint density at radius 3 is 2.24 bits per heavy atom. The van der Waals surface area contributed by atoms with Crippen LogP contribution in [0.1, 0.15) is 52.4 Å². The van der Waals surface area contributed by atoms with E-state index in [2.05, 4.69) is 6.92 Å². The molecule has 0 radical (unpaired) electrons. The summed E-state index contributed by atoms with van der Waals surface area (Å²) in [4.78, 5) is 0. The third-order valence-corrected chi connectivity index (χ3v) is 3.32. The highest BCUT2D eigenvalue weighted by Crippen LogP contribution is 2.05. The SMILES string of the molecule is CCCCCCCCOC(C)COCCOCS(=O)(=O)O. The van der Waals surface area contributed by atoms with Gasteiger partial charge in [0.15, 0.2) is 5.94 Å². The highest BCUT2D eigenvalue weighted by atomic mass is 32.2. The zero-order valence-corrected chi connectivity index (χ0v) is 14.1. The summed E-state index contributed by atoms with van der Waals surface area (Å²) >= 11 is 0. The molecule has 0 rings (SSSR count). The van der Waals surface area contributed by atoms with Gasteiger partial charge in [0.1, 0.15) is 0 Å². The van der Waals surface area contributed by atoms with Crippen molar-refractivity contribution in [1.29, 1.82) is 0 Å². The molecule has 0 bridgehead atoms. The van der Waals surface area contributed by atoms with Crippen LogP contribution in [0.4, 0.5) is 0 Å². The van der Waals surface area contributed by atoms with Crippen LogP contribution in [0.25, 0.3) is 0 Å². The average Bonchev–Trinajstić information content (AvgIpc) is 2.40. The summed E-state index contributed by atoms with van der Waals surface area (Å²) in [5.41, 5.74) is 0. The largest absolute Gasteiger partial charge is 0.376 e.